The van der Waals surface area contributed by atoms with Gasteiger partial charge in [0.1, 0.15) is 5.82 Å². The van der Waals surface area contributed by atoms with E-state index in [0.717, 1.165) is 32.3 Å². The molecule has 1 aromatic carbocycles. The van der Waals surface area contributed by atoms with Gasteiger partial charge in [0.05, 0.1) is 0 Å². The monoisotopic (exact) mass is 367 g/mol. The molecular weight excluding hydrogens is 345 g/mol. The minimum absolute atomic E-state index is 0.0233. The Labute approximate surface area is 152 Å². The molecule has 0 aliphatic carbocycles. The molecule has 2 aliphatic rings. The molecule has 0 unspecified atom stereocenters. The summed E-state index contributed by atoms with van der Waals surface area (Å²) in [6.45, 7) is 4.44. The first-order chi connectivity index (χ1) is 12.1. The molecule has 1 aromatic rings. The van der Waals surface area contributed by atoms with E-state index < -0.39 is 0 Å². The molecule has 2 aliphatic heterocycles. The topological polar surface area (TPSA) is 43.9 Å². The normalized spacial score (nSPS) is 19.9. The maximum absolute atomic E-state index is 13.9. The molecule has 0 N–H and O–H groups in total. The van der Waals surface area contributed by atoms with Gasteiger partial charge in [0.2, 0.25) is 12.3 Å². The van der Waals surface area contributed by atoms with E-state index in [0.29, 0.717) is 43.3 Å². The van der Waals surface area contributed by atoms with Crippen molar-refractivity contribution >= 4 is 23.9 Å². The number of carbonyl (C=O) groups is 2. The largest absolute Gasteiger partial charge is 0.342 e. The van der Waals surface area contributed by atoms with Crippen molar-refractivity contribution in [2.75, 3.05) is 39.3 Å². The second-order valence-corrected chi connectivity index (χ2v) is 7.12. The van der Waals surface area contributed by atoms with Crippen LogP contribution in [0, 0.1) is 11.7 Å². The summed E-state index contributed by atoms with van der Waals surface area (Å²) in [7, 11) is 0. The van der Waals surface area contributed by atoms with Crippen LogP contribution in [0.25, 0.3) is 0 Å². The highest BCUT2D eigenvalue weighted by molar-refractivity contribution is 6.31. The van der Waals surface area contributed by atoms with E-state index >= 15 is 0 Å². The lowest BCUT2D eigenvalue weighted by Gasteiger charge is -2.37. The Hall–Kier alpha value is -1.66. The molecule has 2 heterocycles. The number of hydrogen-bond acceptors (Lipinski definition) is 3. The van der Waals surface area contributed by atoms with E-state index in [2.05, 4.69) is 4.90 Å². The summed E-state index contributed by atoms with van der Waals surface area (Å²) in [6.07, 6.45) is 2.39. The molecule has 0 spiro atoms. The van der Waals surface area contributed by atoms with Crippen LogP contribution in [0.3, 0.4) is 0 Å². The van der Waals surface area contributed by atoms with Crippen LogP contribution in [0.1, 0.15) is 18.4 Å². The van der Waals surface area contributed by atoms with E-state index in [1.54, 1.807) is 17.0 Å². The average molecular weight is 368 g/mol. The van der Waals surface area contributed by atoms with Crippen molar-refractivity contribution in [2.24, 2.45) is 5.92 Å². The highest BCUT2D eigenvalue weighted by atomic mass is 35.5. The zero-order chi connectivity index (χ0) is 17.8. The fourth-order valence-corrected chi connectivity index (χ4v) is 3.77. The van der Waals surface area contributed by atoms with Crippen LogP contribution in [-0.2, 0) is 16.1 Å². The predicted molar refractivity (Wildman–Crippen MR) is 93.6 cm³/mol. The van der Waals surface area contributed by atoms with Gasteiger partial charge in [-0.3, -0.25) is 14.5 Å². The molecule has 5 nitrogen and oxygen atoms in total. The van der Waals surface area contributed by atoms with Crippen molar-refractivity contribution in [3.05, 3.63) is 34.6 Å². The van der Waals surface area contributed by atoms with E-state index in [1.807, 2.05) is 4.90 Å². The van der Waals surface area contributed by atoms with Gasteiger partial charge in [-0.2, -0.15) is 0 Å². The highest BCUT2D eigenvalue weighted by Crippen LogP contribution is 2.25. The van der Waals surface area contributed by atoms with Gasteiger partial charge in [-0.05, 0) is 38.1 Å². The molecule has 2 amide bonds. The SMILES string of the molecule is O=CN1CCN(C(=O)C2CCN(Cc3c(F)cccc3Cl)CC2)CC1. The smallest absolute Gasteiger partial charge is 0.225 e. The quantitative estimate of drug-likeness (QED) is 0.764. The summed E-state index contributed by atoms with van der Waals surface area (Å²) >= 11 is 6.10. The number of benzene rings is 1. The molecule has 0 aromatic heterocycles. The third-order valence-electron chi connectivity index (χ3n) is 5.16. The van der Waals surface area contributed by atoms with Crippen LogP contribution in [0.4, 0.5) is 4.39 Å². The number of rotatable bonds is 4. The zero-order valence-corrected chi connectivity index (χ0v) is 14.9. The number of halogens is 2. The summed E-state index contributed by atoms with van der Waals surface area (Å²) in [4.78, 5) is 29.1. The number of amides is 2. The first kappa shape index (κ1) is 18.1. The van der Waals surface area contributed by atoms with Crippen LogP contribution in [-0.4, -0.2) is 66.3 Å². The second kappa shape index (κ2) is 8.15. The Morgan fingerprint density at radius 3 is 2.44 bits per heavy atom. The highest BCUT2D eigenvalue weighted by Gasteiger charge is 2.30. The van der Waals surface area contributed by atoms with Crippen molar-refractivity contribution in [3.63, 3.8) is 0 Å². The first-order valence-electron chi connectivity index (χ1n) is 8.72. The van der Waals surface area contributed by atoms with Gasteiger partial charge in [-0.1, -0.05) is 17.7 Å². The third-order valence-corrected chi connectivity index (χ3v) is 5.51. The Morgan fingerprint density at radius 1 is 1.16 bits per heavy atom. The molecule has 25 heavy (non-hydrogen) atoms. The van der Waals surface area contributed by atoms with Gasteiger partial charge in [-0.25, -0.2) is 4.39 Å². The molecule has 0 atom stereocenters. The Kier molecular flexibility index (Phi) is 5.91. The van der Waals surface area contributed by atoms with Gasteiger partial charge >= 0.3 is 0 Å². The number of hydrogen-bond donors (Lipinski definition) is 0. The van der Waals surface area contributed by atoms with Gasteiger partial charge < -0.3 is 9.80 Å². The molecule has 2 saturated heterocycles. The van der Waals surface area contributed by atoms with E-state index in [9.17, 15) is 14.0 Å². The van der Waals surface area contributed by atoms with Crippen LogP contribution < -0.4 is 0 Å². The summed E-state index contributed by atoms with van der Waals surface area (Å²) in [5, 5.41) is 0.450. The van der Waals surface area contributed by atoms with E-state index in [1.165, 1.54) is 6.07 Å². The lowest BCUT2D eigenvalue weighted by Crippen LogP contribution is -2.51. The van der Waals surface area contributed by atoms with Crippen molar-refractivity contribution in [3.8, 4) is 0 Å². The van der Waals surface area contributed by atoms with Crippen molar-refractivity contribution in [1.29, 1.82) is 0 Å². The Balaban J connectivity index is 1.50. The minimum Gasteiger partial charge on any atom is -0.342 e. The number of piperidine rings is 1. The minimum atomic E-state index is -0.279. The lowest BCUT2D eigenvalue weighted by atomic mass is 9.94. The molecule has 2 fully saturated rings. The van der Waals surface area contributed by atoms with Gasteiger partial charge in [0.15, 0.2) is 0 Å². The number of piperazine rings is 1. The second-order valence-electron chi connectivity index (χ2n) is 6.72. The fraction of sp³-hybridized carbons (Fsp3) is 0.556. The first-order valence-corrected chi connectivity index (χ1v) is 9.09. The molecule has 3 rings (SSSR count). The van der Waals surface area contributed by atoms with E-state index in [-0.39, 0.29) is 17.6 Å². The summed E-state index contributed by atoms with van der Waals surface area (Å²) in [5.74, 6) is -0.0667. The molecule has 7 heteroatoms. The number of likely N-dealkylation sites (tertiary alicyclic amines) is 1. The zero-order valence-electron chi connectivity index (χ0n) is 14.2. The molecule has 0 bridgehead atoms. The van der Waals surface area contributed by atoms with Crippen LogP contribution >= 0.6 is 11.6 Å². The maximum Gasteiger partial charge on any atom is 0.225 e. The van der Waals surface area contributed by atoms with Crippen molar-refractivity contribution in [1.82, 2.24) is 14.7 Å². The average Bonchev–Trinajstić information content (AvgIpc) is 2.65. The van der Waals surface area contributed by atoms with Gasteiger partial charge in [0.25, 0.3) is 0 Å². The number of carbonyl (C=O) groups excluding carboxylic acids is 2. The van der Waals surface area contributed by atoms with Gasteiger partial charge in [0, 0.05) is 49.2 Å². The van der Waals surface area contributed by atoms with Crippen LogP contribution in [0.2, 0.25) is 5.02 Å². The summed E-state index contributed by atoms with van der Waals surface area (Å²) in [5.41, 5.74) is 0.527. The summed E-state index contributed by atoms with van der Waals surface area (Å²) < 4.78 is 13.9. The summed E-state index contributed by atoms with van der Waals surface area (Å²) in [6, 6.07) is 4.74. The van der Waals surface area contributed by atoms with Crippen molar-refractivity contribution < 1.29 is 14.0 Å². The predicted octanol–water partition coefficient (Wildman–Crippen LogP) is 1.99. The van der Waals surface area contributed by atoms with Gasteiger partial charge in [-0.15, -0.1) is 0 Å². The third kappa shape index (κ3) is 4.30. The van der Waals surface area contributed by atoms with E-state index in [4.69, 9.17) is 11.6 Å². The standard InChI is InChI=1S/C18H23ClFN3O2/c19-16-2-1-3-17(20)15(16)12-21-6-4-14(5-7-21)18(25)23-10-8-22(13-24)9-11-23/h1-3,13-14H,4-12H2. The van der Waals surface area contributed by atoms with Crippen LogP contribution in [0.5, 0.6) is 0 Å². The molecule has 0 saturated carbocycles. The Morgan fingerprint density at radius 2 is 1.84 bits per heavy atom. The fourth-order valence-electron chi connectivity index (χ4n) is 3.55. The molecule has 136 valence electrons. The molecular formula is C18H23ClFN3O2. The number of nitrogens with zero attached hydrogens (tertiary/aromatic N) is 3. The van der Waals surface area contributed by atoms with Crippen molar-refractivity contribution in [2.45, 2.75) is 19.4 Å². The molecule has 0 radical (unpaired) electrons. The Bertz CT molecular complexity index is 606. The maximum atomic E-state index is 13.9. The lowest BCUT2D eigenvalue weighted by molar-refractivity contribution is -0.140. The van der Waals surface area contributed by atoms with Crippen LogP contribution in [0.15, 0.2) is 18.2 Å².